The molecule has 0 fully saturated rings. The Balaban J connectivity index is 5.35. The smallest absolute Gasteiger partial charge is 0.327 e. The van der Waals surface area contributed by atoms with E-state index >= 15 is 0 Å². The molecule has 34 heavy (non-hydrogen) atoms. The van der Waals surface area contributed by atoms with Crippen molar-refractivity contribution in [2.45, 2.75) is 82.0 Å². The van der Waals surface area contributed by atoms with Gasteiger partial charge >= 0.3 is 5.97 Å². The highest BCUT2D eigenvalue weighted by Crippen LogP contribution is 2.07. The molecule has 0 aliphatic rings. The van der Waals surface area contributed by atoms with E-state index in [9.17, 15) is 24.3 Å². The zero-order valence-electron chi connectivity index (χ0n) is 19.8. The van der Waals surface area contributed by atoms with Crippen LogP contribution < -0.4 is 38.9 Å². The monoisotopic (exact) mass is 505 g/mol. The Bertz CT molecular complexity index is 626. The van der Waals surface area contributed by atoms with Gasteiger partial charge in [0.2, 0.25) is 17.7 Å². The zero-order chi connectivity index (χ0) is 25.9. The summed E-state index contributed by atoms with van der Waals surface area (Å²) in [5.74, 6) is -2.99. The number of nitrogens with one attached hydrogen (secondary N) is 3. The molecule has 0 aromatic heterocycles. The lowest BCUT2D eigenvalue weighted by Crippen LogP contribution is -2.57. The lowest BCUT2D eigenvalue weighted by atomic mass is 10.0. The Morgan fingerprint density at radius 2 is 1.03 bits per heavy atom. The number of amides is 3. The van der Waals surface area contributed by atoms with Crippen LogP contribution in [0.15, 0.2) is 0 Å². The van der Waals surface area contributed by atoms with Gasteiger partial charge in [-0.15, -0.1) is 0 Å². The third-order valence-corrected chi connectivity index (χ3v) is 5.63. The third-order valence-electron chi connectivity index (χ3n) is 5.26. The van der Waals surface area contributed by atoms with Crippen LogP contribution in [0.3, 0.4) is 0 Å². The zero-order valence-corrected chi connectivity index (χ0v) is 20.7. The van der Waals surface area contributed by atoms with Gasteiger partial charge < -0.3 is 44.0 Å². The van der Waals surface area contributed by atoms with Gasteiger partial charge in [0.25, 0.3) is 0 Å². The van der Waals surface area contributed by atoms with Gasteiger partial charge in [0.1, 0.15) is 18.1 Å². The number of rotatable bonds is 20. The van der Waals surface area contributed by atoms with E-state index in [1.54, 1.807) is 0 Å². The number of unbranched alkanes of at least 4 members (excludes halogenated alkanes) is 3. The van der Waals surface area contributed by atoms with Gasteiger partial charge in [0.05, 0.1) is 6.04 Å². The van der Waals surface area contributed by atoms with Crippen molar-refractivity contribution in [1.29, 1.82) is 0 Å². The number of aliphatic carboxylic acids is 1. The molecule has 0 saturated heterocycles. The number of thiol groups is 1. The highest BCUT2D eigenvalue weighted by Gasteiger charge is 2.29. The molecule has 12 nitrogen and oxygen atoms in total. The fourth-order valence-corrected chi connectivity index (χ4v) is 3.42. The van der Waals surface area contributed by atoms with Crippen molar-refractivity contribution in [3.05, 3.63) is 0 Å². The van der Waals surface area contributed by atoms with Gasteiger partial charge in [-0.2, -0.15) is 12.6 Å². The van der Waals surface area contributed by atoms with Crippen LogP contribution >= 0.6 is 12.6 Å². The molecule has 13 heteroatoms. The predicted octanol–water partition coefficient (Wildman–Crippen LogP) is -1.83. The number of carboxylic acid groups (broad SMARTS) is 1. The molecular formula is C21H43N7O5S. The minimum absolute atomic E-state index is 0.107. The van der Waals surface area contributed by atoms with Gasteiger partial charge in [0, 0.05) is 5.75 Å². The number of carboxylic acids is 1. The fourth-order valence-electron chi connectivity index (χ4n) is 3.17. The molecule has 0 aromatic rings. The van der Waals surface area contributed by atoms with E-state index in [2.05, 4.69) is 28.6 Å². The number of hydrogen-bond donors (Lipinski definition) is 9. The van der Waals surface area contributed by atoms with E-state index in [4.69, 9.17) is 22.9 Å². The second kappa shape index (κ2) is 19.4. The predicted molar refractivity (Wildman–Crippen MR) is 134 cm³/mol. The molecule has 0 aliphatic carbocycles. The van der Waals surface area contributed by atoms with Crippen molar-refractivity contribution in [2.75, 3.05) is 25.4 Å². The summed E-state index contributed by atoms with van der Waals surface area (Å²) in [5, 5.41) is 16.9. The maximum Gasteiger partial charge on any atom is 0.327 e. The van der Waals surface area contributed by atoms with Crippen LogP contribution in [0.25, 0.3) is 0 Å². The van der Waals surface area contributed by atoms with Crippen LogP contribution in [0.2, 0.25) is 0 Å². The molecule has 0 aromatic carbocycles. The second-order valence-corrected chi connectivity index (χ2v) is 8.53. The second-order valence-electron chi connectivity index (χ2n) is 8.16. The Morgan fingerprint density at radius 1 is 0.647 bits per heavy atom. The molecule has 0 spiro atoms. The first kappa shape index (κ1) is 32.1. The molecule has 4 atom stereocenters. The average Bonchev–Trinajstić information content (AvgIpc) is 2.80. The molecule has 0 saturated carbocycles. The summed E-state index contributed by atoms with van der Waals surface area (Å²) < 4.78 is 0. The van der Waals surface area contributed by atoms with Crippen LogP contribution in [-0.2, 0) is 19.2 Å². The molecule has 3 amide bonds. The minimum atomic E-state index is -1.23. The number of nitrogens with two attached hydrogens (primary N) is 4. The van der Waals surface area contributed by atoms with Crippen LogP contribution in [0.1, 0.15) is 57.8 Å². The molecule has 4 unspecified atom stereocenters. The first-order valence-electron chi connectivity index (χ1n) is 11.8. The van der Waals surface area contributed by atoms with Crippen molar-refractivity contribution in [3.63, 3.8) is 0 Å². The van der Waals surface area contributed by atoms with Crippen molar-refractivity contribution >= 4 is 36.3 Å². The molecule has 0 bridgehead atoms. The van der Waals surface area contributed by atoms with Gasteiger partial charge in [0.15, 0.2) is 0 Å². The van der Waals surface area contributed by atoms with Crippen molar-refractivity contribution in [2.24, 2.45) is 22.9 Å². The number of hydrogen-bond acceptors (Lipinski definition) is 9. The van der Waals surface area contributed by atoms with Crippen LogP contribution in [0, 0.1) is 0 Å². The lowest BCUT2D eigenvalue weighted by Gasteiger charge is -2.25. The van der Waals surface area contributed by atoms with E-state index in [0.717, 1.165) is 6.42 Å². The summed E-state index contributed by atoms with van der Waals surface area (Å²) in [7, 11) is 0. The SMILES string of the molecule is NCCCCC(N)C(=O)NC(CCCCN)C(=O)NC(CCCCN)C(=O)NC(CS)C(=O)O. The first-order chi connectivity index (χ1) is 16.2. The lowest BCUT2D eigenvalue weighted by molar-refractivity contribution is -0.141. The maximum atomic E-state index is 13.0. The first-order valence-corrected chi connectivity index (χ1v) is 12.5. The van der Waals surface area contributed by atoms with Crippen molar-refractivity contribution in [1.82, 2.24) is 16.0 Å². The summed E-state index contributed by atoms with van der Waals surface area (Å²) in [6.07, 6.45) is 4.86. The van der Waals surface area contributed by atoms with E-state index in [-0.39, 0.29) is 12.2 Å². The van der Waals surface area contributed by atoms with E-state index < -0.39 is 47.9 Å². The summed E-state index contributed by atoms with van der Waals surface area (Å²) in [6, 6.07) is -3.89. The summed E-state index contributed by atoms with van der Waals surface area (Å²) in [6.45, 7) is 1.35. The fraction of sp³-hybridized carbons (Fsp3) is 0.810. The van der Waals surface area contributed by atoms with E-state index in [0.29, 0.717) is 64.6 Å². The average molecular weight is 506 g/mol. The van der Waals surface area contributed by atoms with Gasteiger partial charge in [-0.1, -0.05) is 6.42 Å². The number of carbonyl (C=O) groups is 4. The summed E-state index contributed by atoms with van der Waals surface area (Å²) in [4.78, 5) is 49.6. The largest absolute Gasteiger partial charge is 0.480 e. The minimum Gasteiger partial charge on any atom is -0.480 e. The molecule has 0 radical (unpaired) electrons. The molecular weight excluding hydrogens is 462 g/mol. The third kappa shape index (κ3) is 13.7. The Hall–Kier alpha value is -1.93. The van der Waals surface area contributed by atoms with Gasteiger partial charge in [-0.3, -0.25) is 14.4 Å². The van der Waals surface area contributed by atoms with Crippen LogP contribution in [0.5, 0.6) is 0 Å². The normalized spacial score (nSPS) is 14.5. The van der Waals surface area contributed by atoms with Gasteiger partial charge in [-0.25, -0.2) is 4.79 Å². The Labute approximate surface area is 207 Å². The molecule has 0 aliphatic heterocycles. The topological polar surface area (TPSA) is 229 Å². The standard InChI is InChI=1S/C21H43N7O5S/c22-10-4-1-7-14(25)18(29)26-15(8-2-5-11-23)19(30)27-16(9-3-6-12-24)20(31)28-17(13-34)21(32)33/h14-17,34H,1-13,22-25H2,(H,26,29)(H,27,30)(H,28,31)(H,32,33). The Kier molecular flexibility index (Phi) is 18.3. The van der Waals surface area contributed by atoms with Gasteiger partial charge in [-0.05, 0) is 71.0 Å². The summed E-state index contributed by atoms with van der Waals surface area (Å²) in [5.41, 5.74) is 22.5. The van der Waals surface area contributed by atoms with Crippen molar-refractivity contribution in [3.8, 4) is 0 Å². The van der Waals surface area contributed by atoms with Crippen molar-refractivity contribution < 1.29 is 24.3 Å². The maximum absolute atomic E-state index is 13.0. The molecule has 0 rings (SSSR count). The number of carbonyl (C=O) groups excluding carboxylic acids is 3. The highest BCUT2D eigenvalue weighted by molar-refractivity contribution is 7.80. The molecule has 198 valence electrons. The Morgan fingerprint density at radius 3 is 1.41 bits per heavy atom. The van der Waals surface area contributed by atoms with E-state index in [1.165, 1.54) is 0 Å². The molecule has 12 N–H and O–H groups in total. The quantitative estimate of drug-likeness (QED) is 0.0668. The van der Waals surface area contributed by atoms with Crippen LogP contribution in [-0.4, -0.2) is 78.4 Å². The van der Waals surface area contributed by atoms with E-state index in [1.807, 2.05) is 0 Å². The highest BCUT2D eigenvalue weighted by atomic mass is 32.1. The van der Waals surface area contributed by atoms with Crippen LogP contribution in [0.4, 0.5) is 0 Å². The molecule has 0 heterocycles. The summed E-state index contributed by atoms with van der Waals surface area (Å²) >= 11 is 3.95.